The monoisotopic (exact) mass is 475 g/mol. The van der Waals surface area contributed by atoms with E-state index in [-0.39, 0.29) is 12.3 Å². The largest absolute Gasteiger partial charge is 0.465 e. The number of alkyl halides is 5. The minimum Gasteiger partial charge on any atom is -0.465 e. The molecule has 4 nitrogen and oxygen atoms in total. The number of carbonyl (C=O) groups excluding carboxylic acids is 2. The van der Waals surface area contributed by atoms with Crippen LogP contribution in [-0.2, 0) is 17.3 Å². The van der Waals surface area contributed by atoms with Gasteiger partial charge >= 0.3 is 12.1 Å². The van der Waals surface area contributed by atoms with E-state index in [1.807, 2.05) is 6.07 Å². The third-order valence-corrected chi connectivity index (χ3v) is 5.28. The zero-order valence-corrected chi connectivity index (χ0v) is 18.9. The van der Waals surface area contributed by atoms with Gasteiger partial charge in [0.25, 0.3) is 6.43 Å². The third-order valence-electron chi connectivity index (χ3n) is 4.42. The molecule has 0 saturated heterocycles. The second-order valence-electron chi connectivity index (χ2n) is 7.68. The standard InChI is InChI=1S/C22H22F5NO3S/c1-10(2)6-14-15(20(29)31-5)17(19(23)24)28-18(22(25,26)27)16(14)21(30)32-13-8-11(3)7-12(4)9-13/h7-10,19H,6H2,1-5H3. The van der Waals surface area contributed by atoms with E-state index in [9.17, 15) is 31.5 Å². The van der Waals surface area contributed by atoms with E-state index in [1.165, 1.54) is 0 Å². The van der Waals surface area contributed by atoms with E-state index >= 15 is 0 Å². The van der Waals surface area contributed by atoms with Crippen LogP contribution in [-0.4, -0.2) is 23.2 Å². The van der Waals surface area contributed by atoms with Gasteiger partial charge in [0.1, 0.15) is 5.69 Å². The number of aromatic nitrogens is 1. The van der Waals surface area contributed by atoms with Gasteiger partial charge in [0.15, 0.2) is 5.69 Å². The van der Waals surface area contributed by atoms with E-state index in [0.29, 0.717) is 16.7 Å². The van der Waals surface area contributed by atoms with Crippen LogP contribution in [0.4, 0.5) is 22.0 Å². The van der Waals surface area contributed by atoms with Crippen LogP contribution in [0.25, 0.3) is 0 Å². The Hall–Kier alpha value is -2.49. The van der Waals surface area contributed by atoms with Crippen molar-refractivity contribution < 1.29 is 36.3 Å². The van der Waals surface area contributed by atoms with Crippen LogP contribution in [0.15, 0.2) is 23.1 Å². The molecule has 0 aliphatic rings. The lowest BCUT2D eigenvalue weighted by Gasteiger charge is -2.21. The van der Waals surface area contributed by atoms with Gasteiger partial charge < -0.3 is 4.74 Å². The first-order valence-electron chi connectivity index (χ1n) is 9.57. The highest BCUT2D eigenvalue weighted by atomic mass is 32.2. The number of pyridine rings is 1. The number of rotatable bonds is 6. The van der Waals surface area contributed by atoms with Crippen molar-refractivity contribution in [2.45, 2.75) is 51.6 Å². The van der Waals surface area contributed by atoms with Crippen molar-refractivity contribution in [2.75, 3.05) is 7.11 Å². The second-order valence-corrected chi connectivity index (χ2v) is 8.72. The van der Waals surface area contributed by atoms with Gasteiger partial charge in [-0.15, -0.1) is 0 Å². The molecule has 0 unspecified atom stereocenters. The first-order valence-corrected chi connectivity index (χ1v) is 10.4. The number of hydrogen-bond acceptors (Lipinski definition) is 5. The number of ether oxygens (including phenoxy) is 1. The summed E-state index contributed by atoms with van der Waals surface area (Å²) in [5.41, 5.74) is -3.65. The van der Waals surface area contributed by atoms with Crippen molar-refractivity contribution in [1.29, 1.82) is 0 Å². The molecule has 0 fully saturated rings. The molecule has 0 radical (unpaired) electrons. The summed E-state index contributed by atoms with van der Waals surface area (Å²) in [6, 6.07) is 5.06. The molecule has 0 N–H and O–H groups in total. The number of hydrogen-bond donors (Lipinski definition) is 0. The Balaban J connectivity index is 2.87. The summed E-state index contributed by atoms with van der Waals surface area (Å²) in [5, 5.41) is -1.04. The van der Waals surface area contributed by atoms with Gasteiger partial charge in [-0.3, -0.25) is 4.79 Å². The maximum atomic E-state index is 13.9. The number of nitrogens with zero attached hydrogens (tertiary/aromatic N) is 1. The SMILES string of the molecule is COC(=O)c1c(C(F)F)nc(C(F)(F)F)c(C(=O)Sc2cc(C)cc(C)c2)c1CC(C)C. The minimum absolute atomic E-state index is 0.232. The Morgan fingerprint density at radius 3 is 2.06 bits per heavy atom. The van der Waals surface area contributed by atoms with Crippen molar-refractivity contribution in [2.24, 2.45) is 5.92 Å². The molecule has 0 amide bonds. The van der Waals surface area contributed by atoms with Gasteiger partial charge in [-0.2, -0.15) is 13.2 Å². The third kappa shape index (κ3) is 5.85. The molecule has 0 atom stereocenters. The molecule has 32 heavy (non-hydrogen) atoms. The van der Waals surface area contributed by atoms with Crippen LogP contribution in [0.1, 0.15) is 69.1 Å². The van der Waals surface area contributed by atoms with Crippen LogP contribution in [0.2, 0.25) is 0 Å². The van der Waals surface area contributed by atoms with Crippen molar-refractivity contribution in [3.8, 4) is 0 Å². The maximum Gasteiger partial charge on any atom is 0.434 e. The number of methoxy groups -OCH3 is 1. The molecule has 1 heterocycles. The lowest BCUT2D eigenvalue weighted by Crippen LogP contribution is -2.24. The number of carbonyl (C=O) groups is 2. The van der Waals surface area contributed by atoms with Crippen LogP contribution in [0.3, 0.4) is 0 Å². The van der Waals surface area contributed by atoms with E-state index in [1.54, 1.807) is 39.8 Å². The van der Waals surface area contributed by atoms with Gasteiger partial charge in [-0.25, -0.2) is 18.6 Å². The number of aryl methyl sites for hydroxylation is 2. The Morgan fingerprint density at radius 1 is 1.06 bits per heavy atom. The predicted molar refractivity (Wildman–Crippen MR) is 110 cm³/mol. The van der Waals surface area contributed by atoms with Crippen LogP contribution in [0.5, 0.6) is 0 Å². The molecular weight excluding hydrogens is 453 g/mol. The first-order chi connectivity index (χ1) is 14.8. The average Bonchev–Trinajstić information content (AvgIpc) is 2.64. The number of thioether (sulfide) groups is 1. The van der Waals surface area contributed by atoms with Crippen LogP contribution < -0.4 is 0 Å². The van der Waals surface area contributed by atoms with Crippen molar-refractivity contribution in [3.05, 3.63) is 57.4 Å². The fraction of sp³-hybridized carbons (Fsp3) is 0.409. The Labute approximate surface area is 186 Å². The molecule has 0 spiro atoms. The number of esters is 1. The molecule has 0 aliphatic carbocycles. The summed E-state index contributed by atoms with van der Waals surface area (Å²) in [5.74, 6) is -1.63. The molecule has 1 aromatic heterocycles. The van der Waals surface area contributed by atoms with Crippen molar-refractivity contribution in [3.63, 3.8) is 0 Å². The van der Waals surface area contributed by atoms with Gasteiger partial charge in [-0.1, -0.05) is 19.9 Å². The zero-order chi connectivity index (χ0) is 24.4. The number of benzene rings is 1. The Kier molecular flexibility index (Phi) is 8.03. The molecule has 1 aromatic carbocycles. The summed E-state index contributed by atoms with van der Waals surface area (Å²) in [7, 11) is 0.917. The summed E-state index contributed by atoms with van der Waals surface area (Å²) in [6.45, 7) is 6.78. The summed E-state index contributed by atoms with van der Waals surface area (Å²) >= 11 is 0.520. The number of halogens is 5. The molecule has 2 rings (SSSR count). The first kappa shape index (κ1) is 25.8. The summed E-state index contributed by atoms with van der Waals surface area (Å²) in [6.07, 6.45) is -8.91. The highest BCUT2D eigenvalue weighted by Gasteiger charge is 2.42. The highest BCUT2D eigenvalue weighted by Crippen LogP contribution is 2.40. The maximum absolute atomic E-state index is 13.9. The molecule has 174 valence electrons. The average molecular weight is 475 g/mol. The van der Waals surface area contributed by atoms with E-state index in [2.05, 4.69) is 9.72 Å². The zero-order valence-electron chi connectivity index (χ0n) is 18.1. The molecular formula is C22H22F5NO3S. The van der Waals surface area contributed by atoms with Crippen LogP contribution >= 0.6 is 11.8 Å². The Bertz CT molecular complexity index is 1010. The van der Waals surface area contributed by atoms with Gasteiger partial charge in [-0.05, 0) is 66.8 Å². The summed E-state index contributed by atoms with van der Waals surface area (Å²) in [4.78, 5) is 28.9. The fourth-order valence-corrected chi connectivity index (χ4v) is 4.36. The van der Waals surface area contributed by atoms with Gasteiger partial charge in [0, 0.05) is 4.90 Å². The molecule has 0 bridgehead atoms. The minimum atomic E-state index is -5.20. The smallest absolute Gasteiger partial charge is 0.434 e. The van der Waals surface area contributed by atoms with E-state index in [4.69, 9.17) is 0 Å². The van der Waals surface area contributed by atoms with E-state index < -0.39 is 51.8 Å². The van der Waals surface area contributed by atoms with Crippen molar-refractivity contribution in [1.82, 2.24) is 4.98 Å². The lowest BCUT2D eigenvalue weighted by molar-refractivity contribution is -0.141. The molecule has 2 aromatic rings. The Morgan fingerprint density at radius 2 is 1.62 bits per heavy atom. The highest BCUT2D eigenvalue weighted by molar-refractivity contribution is 8.14. The van der Waals surface area contributed by atoms with E-state index in [0.717, 1.165) is 18.2 Å². The lowest BCUT2D eigenvalue weighted by atomic mass is 9.91. The van der Waals surface area contributed by atoms with Gasteiger partial charge in [0.05, 0.1) is 18.2 Å². The molecule has 0 saturated carbocycles. The predicted octanol–water partition coefficient (Wildman–Crippen LogP) is 6.57. The fourth-order valence-electron chi connectivity index (χ4n) is 3.33. The second kappa shape index (κ2) is 9.97. The quantitative estimate of drug-likeness (QED) is 0.269. The normalized spacial score (nSPS) is 11.9. The van der Waals surface area contributed by atoms with Crippen molar-refractivity contribution >= 4 is 22.8 Å². The molecule has 10 heteroatoms. The molecule has 0 aliphatic heterocycles. The van der Waals surface area contributed by atoms with Crippen LogP contribution in [0, 0.1) is 19.8 Å². The summed E-state index contributed by atoms with van der Waals surface area (Å²) < 4.78 is 73.4. The topological polar surface area (TPSA) is 56.3 Å². The van der Waals surface area contributed by atoms with Gasteiger partial charge in [0.2, 0.25) is 5.12 Å².